The zero-order valence-corrected chi connectivity index (χ0v) is 13.1. The summed E-state index contributed by atoms with van der Waals surface area (Å²) in [6.07, 6.45) is 0. The summed E-state index contributed by atoms with van der Waals surface area (Å²) >= 11 is 0. The minimum absolute atomic E-state index is 0.224. The lowest BCUT2D eigenvalue weighted by Crippen LogP contribution is -2.27. The number of aromatic nitrogens is 1. The van der Waals surface area contributed by atoms with E-state index in [1.54, 1.807) is 0 Å². The molecule has 1 atom stereocenters. The van der Waals surface area contributed by atoms with Crippen LogP contribution in [0.25, 0.3) is 11.1 Å². The maximum absolute atomic E-state index is 11.8. The van der Waals surface area contributed by atoms with Gasteiger partial charge in [0.1, 0.15) is 11.6 Å². The summed E-state index contributed by atoms with van der Waals surface area (Å²) < 4.78 is 5.69. The quantitative estimate of drug-likeness (QED) is 0.754. The topological polar surface area (TPSA) is 81.1 Å². The van der Waals surface area contributed by atoms with Crippen molar-refractivity contribution in [2.75, 3.05) is 5.32 Å². The summed E-state index contributed by atoms with van der Waals surface area (Å²) in [6.45, 7) is 4.06. The second-order valence-electron chi connectivity index (χ2n) is 5.78. The highest BCUT2D eigenvalue weighted by atomic mass is 16.3. The van der Waals surface area contributed by atoms with E-state index in [0.29, 0.717) is 5.89 Å². The molecule has 0 fully saturated rings. The van der Waals surface area contributed by atoms with Gasteiger partial charge in [0.25, 0.3) is 0 Å². The highest BCUT2D eigenvalue weighted by molar-refractivity contribution is 5.85. The Bertz CT molecular complexity index is 825. The molecule has 0 radical (unpaired) electrons. The standard InChI is InChI=1S/C18H19N3O2/c1-11(2)18-21-14-10-13(8-9-15(14)23-18)20-16(17(19)22)12-6-4-3-5-7-12/h3-11,16,20H,1-2H3,(H2,19,22). The maximum atomic E-state index is 11.8. The molecule has 5 nitrogen and oxygen atoms in total. The fourth-order valence-electron chi connectivity index (χ4n) is 2.41. The first-order chi connectivity index (χ1) is 11.0. The molecule has 118 valence electrons. The number of rotatable bonds is 5. The van der Waals surface area contributed by atoms with Crippen LogP contribution in [0.2, 0.25) is 0 Å². The SMILES string of the molecule is CC(C)c1nc2cc(NC(C(N)=O)c3ccccc3)ccc2o1. The van der Waals surface area contributed by atoms with Gasteiger partial charge in [-0.2, -0.15) is 0 Å². The van der Waals surface area contributed by atoms with Crippen LogP contribution in [0, 0.1) is 0 Å². The van der Waals surface area contributed by atoms with Gasteiger partial charge in [0.2, 0.25) is 5.91 Å². The first kappa shape index (κ1) is 15.1. The molecular weight excluding hydrogens is 290 g/mol. The average molecular weight is 309 g/mol. The number of benzene rings is 2. The van der Waals surface area contributed by atoms with Crippen LogP contribution in [0.5, 0.6) is 0 Å². The van der Waals surface area contributed by atoms with Gasteiger partial charge in [-0.1, -0.05) is 44.2 Å². The molecule has 0 aliphatic carbocycles. The number of fused-ring (bicyclic) bond motifs is 1. The van der Waals surface area contributed by atoms with Crippen molar-refractivity contribution in [3.63, 3.8) is 0 Å². The van der Waals surface area contributed by atoms with Crippen molar-refractivity contribution < 1.29 is 9.21 Å². The highest BCUT2D eigenvalue weighted by Crippen LogP contribution is 2.26. The van der Waals surface area contributed by atoms with Gasteiger partial charge in [0.05, 0.1) is 0 Å². The Hall–Kier alpha value is -2.82. The predicted octanol–water partition coefficient (Wildman–Crippen LogP) is 3.59. The zero-order valence-electron chi connectivity index (χ0n) is 13.1. The van der Waals surface area contributed by atoms with Crippen LogP contribution < -0.4 is 11.1 Å². The number of carbonyl (C=O) groups excluding carboxylic acids is 1. The molecule has 23 heavy (non-hydrogen) atoms. The second-order valence-corrected chi connectivity index (χ2v) is 5.78. The number of carbonyl (C=O) groups is 1. The molecule has 1 unspecified atom stereocenters. The number of amides is 1. The number of oxazole rings is 1. The molecule has 1 amide bonds. The Labute approximate surface area is 134 Å². The summed E-state index contributed by atoms with van der Waals surface area (Å²) in [5.41, 5.74) is 8.62. The van der Waals surface area contributed by atoms with Crippen LogP contribution in [-0.4, -0.2) is 10.9 Å². The van der Waals surface area contributed by atoms with E-state index >= 15 is 0 Å². The smallest absolute Gasteiger partial charge is 0.244 e. The molecule has 0 aliphatic rings. The zero-order chi connectivity index (χ0) is 16.4. The van der Waals surface area contributed by atoms with E-state index in [0.717, 1.165) is 22.4 Å². The van der Waals surface area contributed by atoms with Crippen LogP contribution in [0.4, 0.5) is 5.69 Å². The molecule has 2 aromatic carbocycles. The first-order valence-corrected chi connectivity index (χ1v) is 7.56. The molecule has 0 saturated carbocycles. The van der Waals surface area contributed by atoms with Gasteiger partial charge in [0.15, 0.2) is 11.5 Å². The molecule has 1 aromatic heterocycles. The van der Waals surface area contributed by atoms with Crippen molar-refractivity contribution in [3.8, 4) is 0 Å². The fourth-order valence-corrected chi connectivity index (χ4v) is 2.41. The third-order valence-corrected chi connectivity index (χ3v) is 3.63. The molecule has 5 heteroatoms. The van der Waals surface area contributed by atoms with Crippen LogP contribution >= 0.6 is 0 Å². The molecule has 0 saturated heterocycles. The van der Waals surface area contributed by atoms with Crippen molar-refractivity contribution in [2.24, 2.45) is 5.73 Å². The van der Waals surface area contributed by atoms with E-state index in [4.69, 9.17) is 10.2 Å². The monoisotopic (exact) mass is 309 g/mol. The molecule has 1 heterocycles. The molecule has 3 rings (SSSR count). The Morgan fingerprint density at radius 3 is 2.57 bits per heavy atom. The molecule has 0 bridgehead atoms. The fraction of sp³-hybridized carbons (Fsp3) is 0.222. The number of primary amides is 1. The first-order valence-electron chi connectivity index (χ1n) is 7.56. The summed E-state index contributed by atoms with van der Waals surface area (Å²) in [5, 5.41) is 3.17. The van der Waals surface area contributed by atoms with Crippen molar-refractivity contribution in [1.29, 1.82) is 0 Å². The number of hydrogen-bond donors (Lipinski definition) is 2. The number of hydrogen-bond acceptors (Lipinski definition) is 4. The lowest BCUT2D eigenvalue weighted by molar-refractivity contribution is -0.118. The van der Waals surface area contributed by atoms with Crippen LogP contribution in [0.1, 0.15) is 37.3 Å². The third-order valence-electron chi connectivity index (χ3n) is 3.63. The van der Waals surface area contributed by atoms with Crippen LogP contribution in [0.15, 0.2) is 52.9 Å². The van der Waals surface area contributed by atoms with E-state index in [-0.39, 0.29) is 5.92 Å². The Morgan fingerprint density at radius 1 is 1.17 bits per heavy atom. The number of nitrogens with one attached hydrogen (secondary N) is 1. The minimum Gasteiger partial charge on any atom is -0.440 e. The number of anilines is 1. The summed E-state index contributed by atoms with van der Waals surface area (Å²) in [5.74, 6) is 0.493. The van der Waals surface area contributed by atoms with Crippen LogP contribution in [0.3, 0.4) is 0 Å². The van der Waals surface area contributed by atoms with Crippen molar-refractivity contribution in [1.82, 2.24) is 4.98 Å². The van der Waals surface area contributed by atoms with Gasteiger partial charge in [-0.3, -0.25) is 4.79 Å². The van der Waals surface area contributed by atoms with Gasteiger partial charge < -0.3 is 15.5 Å². The van der Waals surface area contributed by atoms with Crippen molar-refractivity contribution in [3.05, 3.63) is 60.0 Å². The van der Waals surface area contributed by atoms with Gasteiger partial charge in [-0.05, 0) is 23.8 Å². The summed E-state index contributed by atoms with van der Waals surface area (Å²) in [7, 11) is 0. The van der Waals surface area contributed by atoms with E-state index in [1.165, 1.54) is 0 Å². The Morgan fingerprint density at radius 2 is 1.91 bits per heavy atom. The van der Waals surface area contributed by atoms with Gasteiger partial charge in [0, 0.05) is 11.6 Å². The molecule has 0 spiro atoms. The van der Waals surface area contributed by atoms with Gasteiger partial charge in [-0.15, -0.1) is 0 Å². The predicted molar refractivity (Wildman–Crippen MR) is 90.1 cm³/mol. The van der Waals surface area contributed by atoms with Crippen LogP contribution in [-0.2, 0) is 4.79 Å². The molecule has 3 aromatic rings. The largest absolute Gasteiger partial charge is 0.440 e. The highest BCUT2D eigenvalue weighted by Gasteiger charge is 2.18. The average Bonchev–Trinajstić information content (AvgIpc) is 2.96. The van der Waals surface area contributed by atoms with Gasteiger partial charge in [-0.25, -0.2) is 4.98 Å². The van der Waals surface area contributed by atoms with Crippen molar-refractivity contribution >= 4 is 22.7 Å². The lowest BCUT2D eigenvalue weighted by Gasteiger charge is -2.17. The third kappa shape index (κ3) is 3.18. The van der Waals surface area contributed by atoms with Gasteiger partial charge >= 0.3 is 0 Å². The van der Waals surface area contributed by atoms with E-state index in [1.807, 2.05) is 62.4 Å². The Balaban J connectivity index is 1.91. The van der Waals surface area contributed by atoms with Crippen molar-refractivity contribution in [2.45, 2.75) is 25.8 Å². The minimum atomic E-state index is -0.592. The molecule has 3 N–H and O–H groups in total. The number of nitrogens with two attached hydrogens (primary N) is 1. The Kier molecular flexibility index (Phi) is 4.02. The second kappa shape index (κ2) is 6.12. The normalized spacial score (nSPS) is 12.5. The maximum Gasteiger partial charge on any atom is 0.244 e. The lowest BCUT2D eigenvalue weighted by atomic mass is 10.1. The number of nitrogens with zero attached hydrogens (tertiary/aromatic N) is 1. The molecular formula is C18H19N3O2. The summed E-state index contributed by atoms with van der Waals surface area (Å²) in [4.78, 5) is 16.3. The summed E-state index contributed by atoms with van der Waals surface area (Å²) in [6, 6.07) is 14.4. The van der Waals surface area contributed by atoms with E-state index in [9.17, 15) is 4.79 Å². The van der Waals surface area contributed by atoms with E-state index in [2.05, 4.69) is 10.3 Å². The molecule has 0 aliphatic heterocycles. The van der Waals surface area contributed by atoms with E-state index < -0.39 is 11.9 Å².